The molecule has 1 rings (SSSR count). The van der Waals surface area contributed by atoms with Crippen LogP contribution in [-0.4, -0.2) is 20.5 Å². The molecule has 1 atom stereocenters. The molecule has 4 N–H and O–H groups in total. The molecule has 0 aliphatic heterocycles. The maximum atomic E-state index is 11.9. The van der Waals surface area contributed by atoms with Gasteiger partial charge in [-0.2, -0.15) is 0 Å². The van der Waals surface area contributed by atoms with Gasteiger partial charge in [-0.05, 0) is 37.5 Å². The maximum absolute atomic E-state index is 11.9. The van der Waals surface area contributed by atoms with Crippen molar-refractivity contribution < 1.29 is 13.2 Å². The fourth-order valence-electron chi connectivity index (χ4n) is 1.96. The lowest BCUT2D eigenvalue weighted by Crippen LogP contribution is -2.42. The number of amides is 2. The van der Waals surface area contributed by atoms with Crippen molar-refractivity contribution in [1.29, 1.82) is 0 Å². The monoisotopic (exact) mass is 313 g/mol. The second-order valence-electron chi connectivity index (χ2n) is 4.97. The topological polar surface area (TPSA) is 101 Å². The molecule has 21 heavy (non-hydrogen) atoms. The first-order valence-corrected chi connectivity index (χ1v) is 8.52. The smallest absolute Gasteiger partial charge is 0.315 e. The van der Waals surface area contributed by atoms with Crippen LogP contribution in [0.4, 0.5) is 4.79 Å². The minimum atomic E-state index is -3.74. The minimum absolute atomic E-state index is 0.0362. The number of nitrogens with two attached hydrogens (primary N) is 1. The van der Waals surface area contributed by atoms with Gasteiger partial charge in [0.15, 0.2) is 0 Å². The molecule has 1 aromatic carbocycles. The standard InChI is InChI=1S/C14H23N3O3S/c1-4-12(5-2)17-14(18)16-10(3)11-7-6-8-13(9-11)21(15,19)20/h6-10,12H,4-5H2,1-3H3,(H2,15,19,20)(H2,16,17,18). The normalized spacial score (nSPS) is 13.0. The highest BCUT2D eigenvalue weighted by Crippen LogP contribution is 2.16. The molecule has 118 valence electrons. The Balaban J connectivity index is 2.76. The van der Waals surface area contributed by atoms with Crippen LogP contribution in [0.3, 0.4) is 0 Å². The Kier molecular flexibility index (Phi) is 6.17. The summed E-state index contributed by atoms with van der Waals surface area (Å²) < 4.78 is 22.7. The number of hydrogen-bond acceptors (Lipinski definition) is 3. The summed E-state index contributed by atoms with van der Waals surface area (Å²) in [5, 5.41) is 10.8. The number of primary sulfonamides is 1. The predicted octanol–water partition coefficient (Wildman–Crippen LogP) is 1.88. The maximum Gasteiger partial charge on any atom is 0.315 e. The molecule has 0 saturated heterocycles. The second-order valence-corrected chi connectivity index (χ2v) is 6.53. The molecule has 0 heterocycles. The SMILES string of the molecule is CCC(CC)NC(=O)NC(C)c1cccc(S(N)(=O)=O)c1. The van der Waals surface area contributed by atoms with E-state index in [1.807, 2.05) is 13.8 Å². The van der Waals surface area contributed by atoms with E-state index in [2.05, 4.69) is 10.6 Å². The van der Waals surface area contributed by atoms with Gasteiger partial charge in [-0.15, -0.1) is 0 Å². The van der Waals surface area contributed by atoms with Gasteiger partial charge in [0.05, 0.1) is 10.9 Å². The summed E-state index contributed by atoms with van der Waals surface area (Å²) in [5.74, 6) is 0. The lowest BCUT2D eigenvalue weighted by molar-refractivity contribution is 0.233. The molecule has 0 spiro atoms. The van der Waals surface area contributed by atoms with Crippen molar-refractivity contribution in [1.82, 2.24) is 10.6 Å². The zero-order chi connectivity index (χ0) is 16.0. The van der Waals surface area contributed by atoms with Crippen LogP contribution in [0.1, 0.15) is 45.2 Å². The van der Waals surface area contributed by atoms with E-state index in [-0.39, 0.29) is 23.0 Å². The van der Waals surface area contributed by atoms with Gasteiger partial charge in [-0.25, -0.2) is 18.4 Å². The van der Waals surface area contributed by atoms with Crippen molar-refractivity contribution in [2.45, 2.75) is 50.6 Å². The number of urea groups is 1. The van der Waals surface area contributed by atoms with Crippen LogP contribution in [0.5, 0.6) is 0 Å². The molecule has 6 nitrogen and oxygen atoms in total. The molecule has 0 aliphatic carbocycles. The van der Waals surface area contributed by atoms with Crippen LogP contribution in [-0.2, 0) is 10.0 Å². The number of carbonyl (C=O) groups excluding carboxylic acids is 1. The van der Waals surface area contributed by atoms with Crippen LogP contribution >= 0.6 is 0 Å². The summed E-state index contributed by atoms with van der Waals surface area (Å²) >= 11 is 0. The van der Waals surface area contributed by atoms with Gasteiger partial charge in [0.25, 0.3) is 0 Å². The summed E-state index contributed by atoms with van der Waals surface area (Å²) in [4.78, 5) is 11.9. The van der Waals surface area contributed by atoms with Gasteiger partial charge in [0, 0.05) is 6.04 Å². The summed E-state index contributed by atoms with van der Waals surface area (Å²) in [6.45, 7) is 5.80. The lowest BCUT2D eigenvalue weighted by atomic mass is 10.1. The number of benzene rings is 1. The highest BCUT2D eigenvalue weighted by Gasteiger charge is 2.14. The first-order valence-electron chi connectivity index (χ1n) is 6.97. The number of nitrogens with one attached hydrogen (secondary N) is 2. The van der Waals surface area contributed by atoms with Gasteiger partial charge in [0.2, 0.25) is 10.0 Å². The average molecular weight is 313 g/mol. The predicted molar refractivity (Wildman–Crippen MR) is 82.3 cm³/mol. The Morgan fingerprint density at radius 3 is 2.38 bits per heavy atom. The molecule has 0 radical (unpaired) electrons. The summed E-state index contributed by atoms with van der Waals surface area (Å²) in [6, 6.07) is 5.79. The Hall–Kier alpha value is -1.60. The third-order valence-electron chi connectivity index (χ3n) is 3.36. The molecule has 0 fully saturated rings. The molecule has 0 aromatic heterocycles. The van der Waals surface area contributed by atoms with E-state index in [9.17, 15) is 13.2 Å². The van der Waals surface area contributed by atoms with Crippen molar-refractivity contribution in [3.8, 4) is 0 Å². The molecular weight excluding hydrogens is 290 g/mol. The van der Waals surface area contributed by atoms with E-state index in [4.69, 9.17) is 5.14 Å². The molecule has 0 bridgehead atoms. The summed E-state index contributed by atoms with van der Waals surface area (Å²) in [5.41, 5.74) is 0.682. The van der Waals surface area contributed by atoms with E-state index in [0.29, 0.717) is 5.56 Å². The summed E-state index contributed by atoms with van der Waals surface area (Å²) in [6.07, 6.45) is 1.72. The zero-order valence-corrected chi connectivity index (χ0v) is 13.4. The highest BCUT2D eigenvalue weighted by atomic mass is 32.2. The number of rotatable bonds is 6. The molecule has 1 aromatic rings. The van der Waals surface area contributed by atoms with E-state index in [1.165, 1.54) is 12.1 Å². The van der Waals surface area contributed by atoms with Crippen molar-refractivity contribution in [3.63, 3.8) is 0 Å². The van der Waals surface area contributed by atoms with Crippen molar-refractivity contribution in [3.05, 3.63) is 29.8 Å². The van der Waals surface area contributed by atoms with Crippen molar-refractivity contribution >= 4 is 16.1 Å². The minimum Gasteiger partial charge on any atom is -0.335 e. The van der Waals surface area contributed by atoms with E-state index in [1.54, 1.807) is 19.1 Å². The third kappa shape index (κ3) is 5.35. The molecule has 1 unspecified atom stereocenters. The van der Waals surface area contributed by atoms with Crippen LogP contribution in [0.15, 0.2) is 29.2 Å². The van der Waals surface area contributed by atoms with Crippen LogP contribution in [0, 0.1) is 0 Å². The van der Waals surface area contributed by atoms with Crippen LogP contribution in [0.2, 0.25) is 0 Å². The van der Waals surface area contributed by atoms with Gasteiger partial charge in [0.1, 0.15) is 0 Å². The lowest BCUT2D eigenvalue weighted by Gasteiger charge is -2.19. The van der Waals surface area contributed by atoms with Crippen LogP contribution in [0.25, 0.3) is 0 Å². The van der Waals surface area contributed by atoms with Gasteiger partial charge in [-0.3, -0.25) is 0 Å². The molecular formula is C14H23N3O3S. The van der Waals surface area contributed by atoms with Crippen LogP contribution < -0.4 is 15.8 Å². The molecule has 0 aliphatic rings. The Bertz CT molecular complexity index is 583. The molecule has 0 saturated carbocycles. The van der Waals surface area contributed by atoms with Crippen molar-refractivity contribution in [2.75, 3.05) is 0 Å². The number of carbonyl (C=O) groups is 1. The number of sulfonamides is 1. The van der Waals surface area contributed by atoms with E-state index < -0.39 is 10.0 Å². The Labute approximate surface area is 126 Å². The zero-order valence-electron chi connectivity index (χ0n) is 12.6. The quantitative estimate of drug-likeness (QED) is 0.747. The third-order valence-corrected chi connectivity index (χ3v) is 4.27. The van der Waals surface area contributed by atoms with Gasteiger partial charge in [-0.1, -0.05) is 26.0 Å². The Morgan fingerprint density at radius 2 is 1.86 bits per heavy atom. The van der Waals surface area contributed by atoms with Gasteiger partial charge >= 0.3 is 6.03 Å². The molecule has 7 heteroatoms. The average Bonchev–Trinajstić information content (AvgIpc) is 2.43. The second kappa shape index (κ2) is 7.42. The first kappa shape index (κ1) is 17.5. The van der Waals surface area contributed by atoms with Gasteiger partial charge < -0.3 is 10.6 Å². The fraction of sp³-hybridized carbons (Fsp3) is 0.500. The largest absolute Gasteiger partial charge is 0.335 e. The van der Waals surface area contributed by atoms with Crippen molar-refractivity contribution in [2.24, 2.45) is 5.14 Å². The molecule has 2 amide bonds. The number of hydrogen-bond donors (Lipinski definition) is 3. The Morgan fingerprint density at radius 1 is 1.24 bits per heavy atom. The first-order chi connectivity index (χ1) is 9.77. The summed E-state index contributed by atoms with van der Waals surface area (Å²) in [7, 11) is -3.74. The fourth-order valence-corrected chi connectivity index (χ4v) is 2.53. The van der Waals surface area contributed by atoms with E-state index in [0.717, 1.165) is 12.8 Å². The highest BCUT2D eigenvalue weighted by molar-refractivity contribution is 7.89. The van der Waals surface area contributed by atoms with E-state index >= 15 is 0 Å².